The van der Waals surface area contributed by atoms with Gasteiger partial charge in [0, 0.05) is 17.1 Å². The van der Waals surface area contributed by atoms with Crippen molar-refractivity contribution in [2.45, 2.75) is 6.54 Å². The van der Waals surface area contributed by atoms with Gasteiger partial charge in [-0.15, -0.1) is 11.3 Å². The molecule has 0 aliphatic carbocycles. The Balaban J connectivity index is 1.71. The fourth-order valence-electron chi connectivity index (χ4n) is 2.67. The number of aromatic nitrogens is 3. The second-order valence-electron chi connectivity index (χ2n) is 5.45. The molecule has 25 heavy (non-hydrogen) atoms. The molecule has 0 radical (unpaired) electrons. The van der Waals surface area contributed by atoms with Crippen molar-refractivity contribution < 1.29 is 4.74 Å². The fraction of sp³-hybridized carbons (Fsp3) is 0.105. The SMILES string of the molecule is COc1ccc(-c2csc3ncnc(NCc4ccccn4)c23)cc1. The number of hydrogen-bond acceptors (Lipinski definition) is 6. The van der Waals surface area contributed by atoms with E-state index in [0.717, 1.165) is 38.6 Å². The van der Waals surface area contributed by atoms with Crippen molar-refractivity contribution in [3.63, 3.8) is 0 Å². The second kappa shape index (κ2) is 6.86. The summed E-state index contributed by atoms with van der Waals surface area (Å²) >= 11 is 1.62. The zero-order valence-corrected chi connectivity index (χ0v) is 14.5. The van der Waals surface area contributed by atoms with Gasteiger partial charge in [-0.1, -0.05) is 18.2 Å². The highest BCUT2D eigenvalue weighted by atomic mass is 32.1. The van der Waals surface area contributed by atoms with Crippen molar-refractivity contribution in [2.75, 3.05) is 12.4 Å². The summed E-state index contributed by atoms with van der Waals surface area (Å²) in [6, 6.07) is 13.9. The van der Waals surface area contributed by atoms with Gasteiger partial charge in [0.25, 0.3) is 0 Å². The molecule has 4 rings (SSSR count). The Kier molecular flexibility index (Phi) is 4.26. The van der Waals surface area contributed by atoms with Crippen LogP contribution in [0.1, 0.15) is 5.69 Å². The smallest absolute Gasteiger partial charge is 0.139 e. The van der Waals surface area contributed by atoms with Gasteiger partial charge in [0.2, 0.25) is 0 Å². The molecule has 3 aromatic heterocycles. The summed E-state index contributed by atoms with van der Waals surface area (Å²) in [5.41, 5.74) is 3.20. The van der Waals surface area contributed by atoms with Crippen molar-refractivity contribution in [2.24, 2.45) is 0 Å². The molecule has 1 N–H and O–H groups in total. The Labute approximate surface area is 149 Å². The normalized spacial score (nSPS) is 10.8. The maximum Gasteiger partial charge on any atom is 0.139 e. The lowest BCUT2D eigenvalue weighted by Crippen LogP contribution is -2.03. The van der Waals surface area contributed by atoms with E-state index in [1.807, 2.05) is 30.3 Å². The topological polar surface area (TPSA) is 59.9 Å². The zero-order chi connectivity index (χ0) is 17.1. The van der Waals surface area contributed by atoms with Crippen LogP contribution >= 0.6 is 11.3 Å². The molecular weight excluding hydrogens is 332 g/mol. The Morgan fingerprint density at radius 2 is 1.92 bits per heavy atom. The number of hydrogen-bond donors (Lipinski definition) is 1. The lowest BCUT2D eigenvalue weighted by molar-refractivity contribution is 0.415. The summed E-state index contributed by atoms with van der Waals surface area (Å²) in [4.78, 5) is 14.2. The Bertz CT molecular complexity index is 983. The van der Waals surface area contributed by atoms with E-state index >= 15 is 0 Å². The highest BCUT2D eigenvalue weighted by Crippen LogP contribution is 2.37. The van der Waals surface area contributed by atoms with Gasteiger partial charge in [-0.2, -0.15) is 0 Å². The molecule has 0 aliphatic rings. The van der Waals surface area contributed by atoms with Crippen LogP contribution in [0.5, 0.6) is 5.75 Å². The molecule has 3 heterocycles. The van der Waals surface area contributed by atoms with E-state index in [2.05, 4.69) is 37.8 Å². The molecule has 0 saturated carbocycles. The van der Waals surface area contributed by atoms with Gasteiger partial charge in [-0.3, -0.25) is 4.98 Å². The van der Waals surface area contributed by atoms with Gasteiger partial charge in [-0.05, 0) is 29.8 Å². The van der Waals surface area contributed by atoms with Crippen molar-refractivity contribution in [3.05, 3.63) is 66.1 Å². The number of anilines is 1. The highest BCUT2D eigenvalue weighted by molar-refractivity contribution is 7.17. The molecule has 6 heteroatoms. The quantitative estimate of drug-likeness (QED) is 0.580. The summed E-state index contributed by atoms with van der Waals surface area (Å²) in [6.45, 7) is 0.616. The number of nitrogens with zero attached hydrogens (tertiary/aromatic N) is 3. The van der Waals surface area contributed by atoms with E-state index in [0.29, 0.717) is 6.54 Å². The average Bonchev–Trinajstić information content (AvgIpc) is 3.12. The third kappa shape index (κ3) is 3.16. The number of nitrogens with one attached hydrogen (secondary N) is 1. The van der Waals surface area contributed by atoms with Gasteiger partial charge in [0.05, 0.1) is 24.7 Å². The highest BCUT2D eigenvalue weighted by Gasteiger charge is 2.13. The monoisotopic (exact) mass is 348 g/mol. The van der Waals surface area contributed by atoms with Crippen LogP contribution in [0.2, 0.25) is 0 Å². The standard InChI is InChI=1S/C19H16N4OS/c1-24-15-7-5-13(6-8-15)16-11-25-19-17(16)18(22-12-23-19)21-10-14-4-2-3-9-20-14/h2-9,11-12H,10H2,1H3,(H,21,22,23). The van der Waals surface area contributed by atoms with E-state index < -0.39 is 0 Å². The molecule has 0 saturated heterocycles. The molecule has 124 valence electrons. The van der Waals surface area contributed by atoms with Crippen LogP contribution in [0.4, 0.5) is 5.82 Å². The van der Waals surface area contributed by atoms with Crippen LogP contribution in [0, 0.1) is 0 Å². The molecule has 4 aromatic rings. The Morgan fingerprint density at radius 3 is 2.68 bits per heavy atom. The molecule has 1 aromatic carbocycles. The zero-order valence-electron chi connectivity index (χ0n) is 13.6. The first kappa shape index (κ1) is 15.5. The van der Waals surface area contributed by atoms with Crippen LogP contribution in [0.3, 0.4) is 0 Å². The number of methoxy groups -OCH3 is 1. The first-order valence-corrected chi connectivity index (χ1v) is 8.73. The van der Waals surface area contributed by atoms with Crippen LogP contribution in [0.15, 0.2) is 60.4 Å². The average molecular weight is 348 g/mol. The van der Waals surface area contributed by atoms with Crippen LogP contribution in [-0.2, 0) is 6.54 Å². The summed E-state index contributed by atoms with van der Waals surface area (Å²) in [6.07, 6.45) is 3.39. The van der Waals surface area contributed by atoms with Crippen molar-refractivity contribution >= 4 is 27.4 Å². The number of ether oxygens (including phenoxy) is 1. The van der Waals surface area contributed by atoms with E-state index in [9.17, 15) is 0 Å². The lowest BCUT2D eigenvalue weighted by Gasteiger charge is -2.08. The van der Waals surface area contributed by atoms with Crippen LogP contribution < -0.4 is 10.1 Å². The predicted octanol–water partition coefficient (Wildman–Crippen LogP) is 4.37. The largest absolute Gasteiger partial charge is 0.497 e. The molecule has 0 spiro atoms. The van der Waals surface area contributed by atoms with Crippen molar-refractivity contribution in [3.8, 4) is 16.9 Å². The van der Waals surface area contributed by atoms with Crippen LogP contribution in [-0.4, -0.2) is 22.1 Å². The molecular formula is C19H16N4OS. The minimum absolute atomic E-state index is 0.616. The number of pyridine rings is 1. The molecule has 5 nitrogen and oxygen atoms in total. The minimum Gasteiger partial charge on any atom is -0.497 e. The van der Waals surface area contributed by atoms with Crippen molar-refractivity contribution in [1.29, 1.82) is 0 Å². The number of benzene rings is 1. The maximum atomic E-state index is 5.24. The second-order valence-corrected chi connectivity index (χ2v) is 6.31. The summed E-state index contributed by atoms with van der Waals surface area (Å²) in [5, 5.41) is 6.55. The summed E-state index contributed by atoms with van der Waals surface area (Å²) in [7, 11) is 1.67. The Hall–Kier alpha value is -2.99. The maximum absolute atomic E-state index is 5.24. The molecule has 0 fully saturated rings. The number of thiophene rings is 1. The molecule has 0 unspecified atom stereocenters. The van der Waals surface area contributed by atoms with E-state index in [1.165, 1.54) is 0 Å². The first-order valence-electron chi connectivity index (χ1n) is 7.85. The van der Waals surface area contributed by atoms with Gasteiger partial charge in [0.15, 0.2) is 0 Å². The Morgan fingerprint density at radius 1 is 1.04 bits per heavy atom. The molecule has 0 amide bonds. The predicted molar refractivity (Wildman–Crippen MR) is 101 cm³/mol. The van der Waals surface area contributed by atoms with E-state index in [1.54, 1.807) is 31.0 Å². The van der Waals surface area contributed by atoms with Gasteiger partial charge < -0.3 is 10.1 Å². The van der Waals surface area contributed by atoms with Crippen molar-refractivity contribution in [1.82, 2.24) is 15.0 Å². The third-order valence-electron chi connectivity index (χ3n) is 3.93. The minimum atomic E-state index is 0.616. The summed E-state index contributed by atoms with van der Waals surface area (Å²) < 4.78 is 5.24. The van der Waals surface area contributed by atoms with Gasteiger partial charge in [0.1, 0.15) is 22.7 Å². The third-order valence-corrected chi connectivity index (χ3v) is 4.82. The first-order chi connectivity index (χ1) is 12.3. The van der Waals surface area contributed by atoms with Gasteiger partial charge in [-0.25, -0.2) is 9.97 Å². The summed E-state index contributed by atoms with van der Waals surface area (Å²) in [5.74, 6) is 1.66. The fourth-order valence-corrected chi connectivity index (χ4v) is 3.59. The van der Waals surface area contributed by atoms with E-state index in [4.69, 9.17) is 4.74 Å². The molecule has 0 atom stereocenters. The molecule has 0 aliphatic heterocycles. The van der Waals surface area contributed by atoms with Crippen LogP contribution in [0.25, 0.3) is 21.3 Å². The number of fused-ring (bicyclic) bond motifs is 1. The number of rotatable bonds is 5. The van der Waals surface area contributed by atoms with Gasteiger partial charge >= 0.3 is 0 Å². The lowest BCUT2D eigenvalue weighted by atomic mass is 10.1. The van der Waals surface area contributed by atoms with E-state index in [-0.39, 0.29) is 0 Å². The molecule has 0 bridgehead atoms.